The van der Waals surface area contributed by atoms with Gasteiger partial charge in [0.15, 0.2) is 11.6 Å². The highest BCUT2D eigenvalue weighted by Gasteiger charge is 2.53. The molecule has 1 saturated heterocycles. The van der Waals surface area contributed by atoms with Gasteiger partial charge in [0, 0.05) is 48.0 Å². The molecule has 0 unspecified atom stereocenters. The van der Waals surface area contributed by atoms with Crippen LogP contribution in [0.5, 0.6) is 0 Å². The Morgan fingerprint density at radius 3 is 2.69 bits per heavy atom. The molecule has 1 aromatic heterocycles. The molecule has 5 rings (SSSR count). The molecule has 4 heterocycles. The van der Waals surface area contributed by atoms with Crippen molar-refractivity contribution in [2.24, 2.45) is 21.1 Å². The lowest BCUT2D eigenvalue weighted by molar-refractivity contribution is -0.119. The van der Waals surface area contributed by atoms with Gasteiger partial charge < -0.3 is 5.32 Å². The lowest BCUT2D eigenvalue weighted by atomic mass is 9.60. The van der Waals surface area contributed by atoms with E-state index in [4.69, 9.17) is 0 Å². The largest absolute Gasteiger partial charge is 0.342 e. The number of allylic oxidation sites excluding steroid dienone is 2. The van der Waals surface area contributed by atoms with Gasteiger partial charge in [-0.3, -0.25) is 9.48 Å². The Kier molecular flexibility index (Phi) is 4.90. The summed E-state index contributed by atoms with van der Waals surface area (Å²) < 4.78 is 41.7. The Labute approximate surface area is 186 Å². The lowest BCUT2D eigenvalue weighted by Gasteiger charge is -2.48. The third kappa shape index (κ3) is 3.24. The van der Waals surface area contributed by atoms with E-state index in [1.165, 1.54) is 21.4 Å². The molecule has 172 valence electrons. The SMILES string of the molecule is CC1(C)CC(=O)C2=C(C1)NC1=C(CN=N1)C21CCN(S(=O)(=O)c2cnn(CCF)c2)CC1. The zero-order valence-electron chi connectivity index (χ0n) is 18.3. The number of alkyl halides is 1. The summed E-state index contributed by atoms with van der Waals surface area (Å²) in [6.07, 6.45) is 4.86. The Morgan fingerprint density at radius 2 is 1.97 bits per heavy atom. The van der Waals surface area contributed by atoms with Crippen LogP contribution < -0.4 is 5.32 Å². The van der Waals surface area contributed by atoms with Crippen LogP contribution in [0.3, 0.4) is 0 Å². The second-order valence-electron chi connectivity index (χ2n) is 9.76. The monoisotopic (exact) mass is 462 g/mol. The average molecular weight is 463 g/mol. The van der Waals surface area contributed by atoms with Crippen LogP contribution in [0.25, 0.3) is 0 Å². The molecule has 1 N–H and O–H groups in total. The number of piperidine rings is 1. The summed E-state index contributed by atoms with van der Waals surface area (Å²) >= 11 is 0. The molecule has 0 amide bonds. The summed E-state index contributed by atoms with van der Waals surface area (Å²) in [5, 5.41) is 15.8. The first-order valence-corrected chi connectivity index (χ1v) is 12.3. The van der Waals surface area contributed by atoms with Crippen molar-refractivity contribution in [2.45, 2.75) is 51.0 Å². The van der Waals surface area contributed by atoms with Gasteiger partial charge in [0.25, 0.3) is 0 Å². The van der Waals surface area contributed by atoms with Crippen molar-refractivity contribution in [1.82, 2.24) is 19.4 Å². The van der Waals surface area contributed by atoms with Gasteiger partial charge in [-0.2, -0.15) is 14.5 Å². The third-order valence-electron chi connectivity index (χ3n) is 7.02. The number of carbonyl (C=O) groups excluding carboxylic acids is 1. The summed E-state index contributed by atoms with van der Waals surface area (Å²) in [5.41, 5.74) is 2.04. The number of nitrogens with one attached hydrogen (secondary N) is 1. The number of aryl methyl sites for hydroxylation is 1. The van der Waals surface area contributed by atoms with E-state index in [0.717, 1.165) is 29.1 Å². The first kappa shape index (κ1) is 21.4. The molecule has 3 aliphatic heterocycles. The maximum absolute atomic E-state index is 13.3. The minimum Gasteiger partial charge on any atom is -0.342 e. The molecule has 0 bridgehead atoms. The van der Waals surface area contributed by atoms with E-state index in [2.05, 4.69) is 34.5 Å². The van der Waals surface area contributed by atoms with Crippen molar-refractivity contribution in [3.05, 3.63) is 35.1 Å². The molecule has 0 saturated carbocycles. The van der Waals surface area contributed by atoms with Crippen LogP contribution in [0.1, 0.15) is 39.5 Å². The number of Topliss-reactive ketones (excluding diaryl/α,β-unsaturated/α-hetero) is 1. The predicted molar refractivity (Wildman–Crippen MR) is 114 cm³/mol. The molecule has 32 heavy (non-hydrogen) atoms. The van der Waals surface area contributed by atoms with Crippen molar-refractivity contribution in [3.8, 4) is 0 Å². The fourth-order valence-corrected chi connectivity index (χ4v) is 6.96. The first-order chi connectivity index (χ1) is 15.2. The standard InChI is InChI=1S/C21H27FN6O3S/c1-20(2)9-16-18(17(29)10-20)21(15-12-23-26-19(15)25-16)3-6-28(7-4-21)32(30,31)14-11-24-27(13-14)8-5-22/h11,13,25H,3-10,12H2,1-2H3. The van der Waals surface area contributed by atoms with Gasteiger partial charge in [-0.15, -0.1) is 5.11 Å². The second-order valence-corrected chi connectivity index (χ2v) is 11.7. The quantitative estimate of drug-likeness (QED) is 0.740. The van der Waals surface area contributed by atoms with Gasteiger partial charge in [-0.25, -0.2) is 12.8 Å². The van der Waals surface area contributed by atoms with Crippen LogP contribution in [-0.2, 0) is 21.4 Å². The number of azo groups is 1. The number of hydrogen-bond acceptors (Lipinski definition) is 7. The number of sulfonamides is 1. The maximum Gasteiger partial charge on any atom is 0.246 e. The maximum atomic E-state index is 13.3. The van der Waals surface area contributed by atoms with Gasteiger partial charge in [0.2, 0.25) is 10.0 Å². The van der Waals surface area contributed by atoms with Crippen molar-refractivity contribution in [1.29, 1.82) is 0 Å². The Morgan fingerprint density at radius 1 is 1.22 bits per heavy atom. The minimum absolute atomic E-state index is 0.0188. The van der Waals surface area contributed by atoms with Crippen LogP contribution in [0.4, 0.5) is 4.39 Å². The third-order valence-corrected chi connectivity index (χ3v) is 8.87. The van der Waals surface area contributed by atoms with Crippen molar-refractivity contribution < 1.29 is 17.6 Å². The molecule has 0 aromatic carbocycles. The summed E-state index contributed by atoms with van der Waals surface area (Å²) in [5.74, 6) is 0.851. The molecule has 0 radical (unpaired) electrons. The number of carbonyl (C=O) groups is 1. The average Bonchev–Trinajstić information content (AvgIpc) is 3.37. The number of fused-ring (bicyclic) bond motifs is 2. The van der Waals surface area contributed by atoms with E-state index in [1.54, 1.807) is 0 Å². The van der Waals surface area contributed by atoms with Crippen molar-refractivity contribution in [2.75, 3.05) is 26.3 Å². The van der Waals surface area contributed by atoms with Crippen LogP contribution in [-0.4, -0.2) is 54.6 Å². The topological polar surface area (TPSA) is 109 Å². The zero-order chi connectivity index (χ0) is 22.7. The van der Waals surface area contributed by atoms with Crippen LogP contribution in [0.15, 0.2) is 50.2 Å². The predicted octanol–water partition coefficient (Wildman–Crippen LogP) is 2.55. The molecule has 11 heteroatoms. The number of ketones is 1. The fourth-order valence-electron chi connectivity index (χ4n) is 5.56. The number of nitrogens with zero attached hydrogens (tertiary/aromatic N) is 5. The van der Waals surface area contributed by atoms with E-state index in [1.807, 2.05) is 0 Å². The normalized spacial score (nSPS) is 24.7. The summed E-state index contributed by atoms with van der Waals surface area (Å²) in [7, 11) is -3.75. The summed E-state index contributed by atoms with van der Waals surface area (Å²) in [6, 6.07) is 0. The van der Waals surface area contributed by atoms with Crippen molar-refractivity contribution in [3.63, 3.8) is 0 Å². The molecular formula is C21H27FN6O3S. The smallest absolute Gasteiger partial charge is 0.246 e. The molecule has 1 aliphatic carbocycles. The lowest BCUT2D eigenvalue weighted by Crippen LogP contribution is -2.50. The number of aromatic nitrogens is 2. The molecule has 9 nitrogen and oxygen atoms in total. The molecule has 0 atom stereocenters. The highest BCUT2D eigenvalue weighted by atomic mass is 32.2. The minimum atomic E-state index is -3.75. The van der Waals surface area contributed by atoms with E-state index < -0.39 is 22.1 Å². The van der Waals surface area contributed by atoms with Gasteiger partial charge in [-0.05, 0) is 24.7 Å². The zero-order valence-corrected chi connectivity index (χ0v) is 19.1. The van der Waals surface area contributed by atoms with E-state index in [-0.39, 0.29) is 35.7 Å². The van der Waals surface area contributed by atoms with E-state index in [9.17, 15) is 17.6 Å². The molecule has 1 fully saturated rings. The number of halogens is 1. The van der Waals surface area contributed by atoms with Crippen LogP contribution >= 0.6 is 0 Å². The van der Waals surface area contributed by atoms with Gasteiger partial charge >= 0.3 is 0 Å². The van der Waals surface area contributed by atoms with Crippen molar-refractivity contribution >= 4 is 15.8 Å². The highest BCUT2D eigenvalue weighted by molar-refractivity contribution is 7.89. The van der Waals surface area contributed by atoms with E-state index >= 15 is 0 Å². The number of rotatable bonds is 4. The highest BCUT2D eigenvalue weighted by Crippen LogP contribution is 2.55. The Balaban J connectivity index is 1.45. The Hall–Kier alpha value is -2.40. The van der Waals surface area contributed by atoms with Gasteiger partial charge in [0.1, 0.15) is 11.6 Å². The summed E-state index contributed by atoms with van der Waals surface area (Å²) in [4.78, 5) is 13.4. The molecule has 1 aromatic rings. The van der Waals surface area contributed by atoms with Gasteiger partial charge in [-0.1, -0.05) is 13.8 Å². The summed E-state index contributed by atoms with van der Waals surface area (Å²) in [6.45, 7) is 4.56. The van der Waals surface area contributed by atoms with Gasteiger partial charge in [0.05, 0.1) is 19.3 Å². The Bertz CT molecular complexity index is 1170. The number of dihydropyridines is 1. The molecule has 1 spiro atoms. The van der Waals surface area contributed by atoms with E-state index in [0.29, 0.717) is 25.8 Å². The van der Waals surface area contributed by atoms with Crippen LogP contribution in [0, 0.1) is 10.8 Å². The van der Waals surface area contributed by atoms with Crippen LogP contribution in [0.2, 0.25) is 0 Å². The second kappa shape index (κ2) is 7.31. The fraction of sp³-hybridized carbons (Fsp3) is 0.619. The molecular weight excluding hydrogens is 435 g/mol. The first-order valence-electron chi connectivity index (χ1n) is 10.9. The number of hydrogen-bond donors (Lipinski definition) is 1. The molecule has 4 aliphatic rings.